The number of nitrogens with zero attached hydrogens (tertiary/aromatic N) is 3. The van der Waals surface area contributed by atoms with Crippen molar-refractivity contribution in [2.75, 3.05) is 30.8 Å². The standard InChI is InChI=1S/C17H20N4O3/c1-23-17(22)12-7-9-21(10-8-12)15-14(18)16(20-11-19-15)24-13-5-3-2-4-6-13/h2-6,11-12H,7-10,18H2,1H3. The normalized spacial score (nSPS) is 15.1. The summed E-state index contributed by atoms with van der Waals surface area (Å²) < 4.78 is 10.6. The SMILES string of the molecule is COC(=O)C1CCN(c2ncnc(Oc3ccccc3)c2N)CC1. The number of ether oxygens (including phenoxy) is 2. The zero-order valence-electron chi connectivity index (χ0n) is 13.5. The van der Waals surface area contributed by atoms with Gasteiger partial charge in [0.05, 0.1) is 13.0 Å². The number of methoxy groups -OCH3 is 1. The second kappa shape index (κ2) is 7.16. The predicted octanol–water partition coefficient (Wildman–Crippen LogP) is 2.24. The summed E-state index contributed by atoms with van der Waals surface area (Å²) in [5.74, 6) is 1.42. The van der Waals surface area contributed by atoms with E-state index in [1.54, 1.807) is 0 Å². The maximum Gasteiger partial charge on any atom is 0.308 e. The number of benzene rings is 1. The summed E-state index contributed by atoms with van der Waals surface area (Å²) in [6, 6.07) is 9.34. The van der Waals surface area contributed by atoms with Gasteiger partial charge in [-0.1, -0.05) is 18.2 Å². The van der Waals surface area contributed by atoms with Crippen LogP contribution in [0.2, 0.25) is 0 Å². The number of nitrogens with two attached hydrogens (primary N) is 1. The van der Waals surface area contributed by atoms with Gasteiger partial charge in [0.1, 0.15) is 17.8 Å². The van der Waals surface area contributed by atoms with Crippen LogP contribution in [0, 0.1) is 5.92 Å². The summed E-state index contributed by atoms with van der Waals surface area (Å²) in [5, 5.41) is 0. The highest BCUT2D eigenvalue weighted by Gasteiger charge is 2.27. The number of para-hydroxylation sites is 1. The van der Waals surface area contributed by atoms with E-state index in [-0.39, 0.29) is 11.9 Å². The van der Waals surface area contributed by atoms with Crippen LogP contribution >= 0.6 is 0 Å². The molecule has 2 N–H and O–H groups in total. The first kappa shape index (κ1) is 16.0. The molecular weight excluding hydrogens is 308 g/mol. The van der Waals surface area contributed by atoms with Gasteiger partial charge in [0.25, 0.3) is 0 Å². The zero-order chi connectivity index (χ0) is 16.9. The second-order valence-electron chi connectivity index (χ2n) is 5.62. The lowest BCUT2D eigenvalue weighted by atomic mass is 9.97. The number of rotatable bonds is 4. The van der Waals surface area contributed by atoms with Gasteiger partial charge in [0.2, 0.25) is 5.88 Å². The van der Waals surface area contributed by atoms with Gasteiger partial charge in [-0.25, -0.2) is 4.98 Å². The van der Waals surface area contributed by atoms with Crippen LogP contribution in [0.5, 0.6) is 11.6 Å². The Kier molecular flexibility index (Phi) is 4.79. The molecule has 0 unspecified atom stereocenters. The quantitative estimate of drug-likeness (QED) is 0.861. The van der Waals surface area contributed by atoms with Crippen LogP contribution < -0.4 is 15.4 Å². The summed E-state index contributed by atoms with van der Waals surface area (Å²) in [5.41, 5.74) is 6.60. The third-order valence-electron chi connectivity index (χ3n) is 4.11. The molecule has 1 aromatic carbocycles. The molecule has 0 amide bonds. The van der Waals surface area contributed by atoms with Gasteiger partial charge in [0.15, 0.2) is 5.82 Å². The van der Waals surface area contributed by atoms with Gasteiger partial charge in [-0.05, 0) is 25.0 Å². The lowest BCUT2D eigenvalue weighted by Gasteiger charge is -2.32. The summed E-state index contributed by atoms with van der Waals surface area (Å²) in [7, 11) is 1.42. The monoisotopic (exact) mass is 328 g/mol. The average molecular weight is 328 g/mol. The molecule has 0 radical (unpaired) electrons. The molecule has 0 spiro atoms. The molecule has 1 aromatic heterocycles. The van der Waals surface area contributed by atoms with Gasteiger partial charge in [-0.15, -0.1) is 0 Å². The van der Waals surface area contributed by atoms with Crippen molar-refractivity contribution in [2.24, 2.45) is 5.92 Å². The molecule has 0 atom stereocenters. The molecule has 2 aromatic rings. The number of piperidine rings is 1. The Labute approximate surface area is 140 Å². The average Bonchev–Trinajstić information content (AvgIpc) is 2.64. The van der Waals surface area contributed by atoms with E-state index in [4.69, 9.17) is 15.2 Å². The Morgan fingerprint density at radius 2 is 1.92 bits per heavy atom. The number of hydrogen-bond acceptors (Lipinski definition) is 7. The van der Waals surface area contributed by atoms with E-state index in [0.717, 1.165) is 0 Å². The highest BCUT2D eigenvalue weighted by molar-refractivity contribution is 5.73. The fraction of sp³-hybridized carbons (Fsp3) is 0.353. The Hall–Kier alpha value is -2.83. The molecule has 3 rings (SSSR count). The number of aromatic nitrogens is 2. The molecule has 1 aliphatic heterocycles. The third kappa shape index (κ3) is 3.40. The first-order chi connectivity index (χ1) is 11.7. The van der Waals surface area contributed by atoms with Gasteiger partial charge < -0.3 is 20.1 Å². The summed E-state index contributed by atoms with van der Waals surface area (Å²) in [6.45, 7) is 1.37. The first-order valence-electron chi connectivity index (χ1n) is 7.85. The van der Waals surface area contributed by atoms with Crippen molar-refractivity contribution in [1.82, 2.24) is 9.97 Å². The summed E-state index contributed by atoms with van der Waals surface area (Å²) in [6.07, 6.45) is 2.87. The van der Waals surface area contributed by atoms with Crippen LogP contribution in [-0.4, -0.2) is 36.1 Å². The minimum Gasteiger partial charge on any atom is -0.469 e. The minimum atomic E-state index is -0.154. The van der Waals surface area contributed by atoms with Crippen LogP contribution in [0.25, 0.3) is 0 Å². The van der Waals surface area contributed by atoms with Gasteiger partial charge in [-0.3, -0.25) is 4.79 Å². The molecule has 0 aliphatic carbocycles. The molecule has 7 heteroatoms. The van der Waals surface area contributed by atoms with Crippen molar-refractivity contribution in [3.05, 3.63) is 36.7 Å². The molecule has 24 heavy (non-hydrogen) atoms. The van der Waals surface area contributed by atoms with Gasteiger partial charge in [-0.2, -0.15) is 4.98 Å². The second-order valence-corrected chi connectivity index (χ2v) is 5.62. The highest BCUT2D eigenvalue weighted by Crippen LogP contribution is 2.33. The smallest absolute Gasteiger partial charge is 0.308 e. The summed E-state index contributed by atoms with van der Waals surface area (Å²) >= 11 is 0. The van der Waals surface area contributed by atoms with Crippen molar-refractivity contribution in [2.45, 2.75) is 12.8 Å². The molecule has 1 aliphatic rings. The van der Waals surface area contributed by atoms with Crippen molar-refractivity contribution in [3.63, 3.8) is 0 Å². The van der Waals surface area contributed by atoms with Crippen molar-refractivity contribution < 1.29 is 14.3 Å². The van der Waals surface area contributed by atoms with E-state index in [1.165, 1.54) is 13.4 Å². The fourth-order valence-electron chi connectivity index (χ4n) is 2.80. The first-order valence-corrected chi connectivity index (χ1v) is 7.85. The lowest BCUT2D eigenvalue weighted by molar-refractivity contribution is -0.146. The molecule has 0 bridgehead atoms. The molecule has 2 heterocycles. The van der Waals surface area contributed by atoms with Crippen LogP contribution in [-0.2, 0) is 9.53 Å². The van der Waals surface area contributed by atoms with E-state index >= 15 is 0 Å². The Morgan fingerprint density at radius 3 is 2.58 bits per heavy atom. The van der Waals surface area contributed by atoms with Crippen molar-refractivity contribution in [3.8, 4) is 11.6 Å². The number of nitrogen functional groups attached to an aromatic ring is 1. The fourth-order valence-corrected chi connectivity index (χ4v) is 2.80. The number of carbonyl (C=O) groups excluding carboxylic acids is 1. The molecule has 1 saturated heterocycles. The zero-order valence-corrected chi connectivity index (χ0v) is 13.5. The van der Waals surface area contributed by atoms with E-state index in [9.17, 15) is 4.79 Å². The Morgan fingerprint density at radius 1 is 1.21 bits per heavy atom. The van der Waals surface area contributed by atoms with Gasteiger partial charge in [0, 0.05) is 13.1 Å². The maximum atomic E-state index is 11.6. The van der Waals surface area contributed by atoms with E-state index in [0.29, 0.717) is 49.1 Å². The molecule has 126 valence electrons. The van der Waals surface area contributed by atoms with E-state index < -0.39 is 0 Å². The predicted molar refractivity (Wildman–Crippen MR) is 89.9 cm³/mol. The number of esters is 1. The highest BCUT2D eigenvalue weighted by atomic mass is 16.5. The van der Waals surface area contributed by atoms with Crippen LogP contribution in [0.3, 0.4) is 0 Å². The van der Waals surface area contributed by atoms with E-state index in [1.807, 2.05) is 35.2 Å². The molecular formula is C17H20N4O3. The number of carbonyl (C=O) groups is 1. The van der Waals surface area contributed by atoms with Crippen LogP contribution in [0.4, 0.5) is 11.5 Å². The topological polar surface area (TPSA) is 90.6 Å². The van der Waals surface area contributed by atoms with Crippen molar-refractivity contribution in [1.29, 1.82) is 0 Å². The summed E-state index contributed by atoms with van der Waals surface area (Å²) in [4.78, 5) is 22.1. The largest absolute Gasteiger partial charge is 0.469 e. The van der Waals surface area contributed by atoms with Crippen LogP contribution in [0.15, 0.2) is 36.7 Å². The van der Waals surface area contributed by atoms with Gasteiger partial charge >= 0.3 is 5.97 Å². The van der Waals surface area contributed by atoms with Crippen molar-refractivity contribution >= 4 is 17.5 Å². The molecule has 7 nitrogen and oxygen atoms in total. The number of anilines is 2. The minimum absolute atomic E-state index is 0.0608. The Balaban J connectivity index is 1.73. The van der Waals surface area contributed by atoms with E-state index in [2.05, 4.69) is 9.97 Å². The Bertz CT molecular complexity index is 700. The molecule has 1 fully saturated rings. The van der Waals surface area contributed by atoms with Crippen LogP contribution in [0.1, 0.15) is 12.8 Å². The third-order valence-corrected chi connectivity index (χ3v) is 4.11. The maximum absolute atomic E-state index is 11.6. The lowest BCUT2D eigenvalue weighted by Crippen LogP contribution is -2.37. The molecule has 0 saturated carbocycles. The number of hydrogen-bond donors (Lipinski definition) is 1.